The fourth-order valence-electron chi connectivity index (χ4n) is 2.11. The van der Waals surface area contributed by atoms with Crippen LogP contribution in [0.3, 0.4) is 0 Å². The molecule has 0 aliphatic carbocycles. The molecule has 4 nitrogen and oxygen atoms in total. The third-order valence-electron chi connectivity index (χ3n) is 3.22. The number of piperidine rings is 1. The third kappa shape index (κ3) is 2.71. The van der Waals surface area contributed by atoms with E-state index in [1.807, 2.05) is 16.9 Å². The molecule has 0 saturated carbocycles. The quantitative estimate of drug-likeness (QED) is 0.827. The summed E-state index contributed by atoms with van der Waals surface area (Å²) in [6, 6.07) is 2.67. The summed E-state index contributed by atoms with van der Waals surface area (Å²) in [6.07, 6.45) is 6.02. The summed E-state index contributed by atoms with van der Waals surface area (Å²) < 4.78 is 1.82. The number of rotatable bonds is 4. The molecule has 1 aromatic heterocycles. The highest BCUT2D eigenvalue weighted by Gasteiger charge is 2.16. The summed E-state index contributed by atoms with van der Waals surface area (Å²) in [5, 5.41) is 7.74. The van der Waals surface area contributed by atoms with Crippen molar-refractivity contribution < 1.29 is 0 Å². The molecule has 0 unspecified atom stereocenters. The third-order valence-corrected chi connectivity index (χ3v) is 3.22. The standard InChI is InChI=1S/C12H20N4/c1-3-16-12(4-7-14-16)10-13-11-5-8-15(2)9-6-11/h3-4,7,11,13H,1,5-6,8-10H2,2H3. The number of hydrogen-bond acceptors (Lipinski definition) is 3. The zero-order chi connectivity index (χ0) is 11.4. The van der Waals surface area contributed by atoms with Crippen LogP contribution in [0.4, 0.5) is 0 Å². The van der Waals surface area contributed by atoms with Crippen LogP contribution in [0.15, 0.2) is 18.8 Å². The molecule has 0 atom stereocenters. The van der Waals surface area contributed by atoms with E-state index in [0.717, 1.165) is 6.54 Å². The average Bonchev–Trinajstić information content (AvgIpc) is 2.76. The lowest BCUT2D eigenvalue weighted by molar-refractivity contribution is 0.233. The molecule has 1 N–H and O–H groups in total. The van der Waals surface area contributed by atoms with E-state index in [1.54, 1.807) is 6.20 Å². The summed E-state index contributed by atoms with van der Waals surface area (Å²) in [5.41, 5.74) is 1.17. The zero-order valence-electron chi connectivity index (χ0n) is 9.89. The Hall–Kier alpha value is -1.13. The number of hydrogen-bond donors (Lipinski definition) is 1. The summed E-state index contributed by atoms with van der Waals surface area (Å²) >= 11 is 0. The number of nitrogens with zero attached hydrogens (tertiary/aromatic N) is 3. The van der Waals surface area contributed by atoms with Crippen LogP contribution in [-0.2, 0) is 6.54 Å². The number of nitrogens with one attached hydrogen (secondary N) is 1. The smallest absolute Gasteiger partial charge is 0.0573 e. The van der Waals surface area contributed by atoms with Crippen molar-refractivity contribution in [2.45, 2.75) is 25.4 Å². The van der Waals surface area contributed by atoms with Crippen LogP contribution in [0.25, 0.3) is 6.20 Å². The van der Waals surface area contributed by atoms with Gasteiger partial charge in [-0.3, -0.25) is 0 Å². The van der Waals surface area contributed by atoms with Crippen LogP contribution in [0.5, 0.6) is 0 Å². The second-order valence-electron chi connectivity index (χ2n) is 4.41. The molecule has 2 heterocycles. The van der Waals surface area contributed by atoms with Crippen LogP contribution >= 0.6 is 0 Å². The fraction of sp³-hybridized carbons (Fsp3) is 0.583. The molecule has 0 spiro atoms. The van der Waals surface area contributed by atoms with Crippen molar-refractivity contribution in [3.63, 3.8) is 0 Å². The fourth-order valence-corrected chi connectivity index (χ4v) is 2.11. The molecule has 1 saturated heterocycles. The van der Waals surface area contributed by atoms with Gasteiger partial charge in [0.2, 0.25) is 0 Å². The van der Waals surface area contributed by atoms with Crippen molar-refractivity contribution in [1.82, 2.24) is 20.0 Å². The van der Waals surface area contributed by atoms with Crippen LogP contribution in [0.2, 0.25) is 0 Å². The van der Waals surface area contributed by atoms with E-state index in [9.17, 15) is 0 Å². The van der Waals surface area contributed by atoms with Gasteiger partial charge in [0.25, 0.3) is 0 Å². The van der Waals surface area contributed by atoms with E-state index in [1.165, 1.54) is 31.6 Å². The second kappa shape index (κ2) is 5.27. The van der Waals surface area contributed by atoms with Gasteiger partial charge in [0.1, 0.15) is 0 Å². The molecule has 0 aromatic carbocycles. The normalized spacial score (nSPS) is 18.8. The van der Waals surface area contributed by atoms with E-state index >= 15 is 0 Å². The van der Waals surface area contributed by atoms with Crippen LogP contribution in [0.1, 0.15) is 18.5 Å². The lowest BCUT2D eigenvalue weighted by atomic mass is 10.1. The minimum absolute atomic E-state index is 0.643. The predicted molar refractivity (Wildman–Crippen MR) is 66.0 cm³/mol. The molecule has 1 aromatic rings. The first-order valence-electron chi connectivity index (χ1n) is 5.86. The SMILES string of the molecule is C=Cn1nccc1CNC1CCN(C)CC1. The highest BCUT2D eigenvalue weighted by molar-refractivity contribution is 5.19. The second-order valence-corrected chi connectivity index (χ2v) is 4.41. The summed E-state index contributed by atoms with van der Waals surface area (Å²) in [5.74, 6) is 0. The average molecular weight is 220 g/mol. The van der Waals surface area contributed by atoms with Crippen molar-refractivity contribution in [3.8, 4) is 0 Å². The van der Waals surface area contributed by atoms with Crippen molar-refractivity contribution in [1.29, 1.82) is 0 Å². The largest absolute Gasteiger partial charge is 0.308 e. The van der Waals surface area contributed by atoms with Crippen molar-refractivity contribution >= 4 is 6.20 Å². The first kappa shape index (κ1) is 11.4. The Balaban J connectivity index is 1.81. The zero-order valence-corrected chi connectivity index (χ0v) is 9.89. The maximum Gasteiger partial charge on any atom is 0.0573 e. The predicted octanol–water partition coefficient (Wildman–Crippen LogP) is 1.17. The molecule has 88 valence electrons. The Morgan fingerprint density at radius 2 is 2.31 bits per heavy atom. The topological polar surface area (TPSA) is 33.1 Å². The van der Waals surface area contributed by atoms with E-state index in [2.05, 4.69) is 28.9 Å². The minimum atomic E-state index is 0.643. The first-order valence-corrected chi connectivity index (χ1v) is 5.86. The lowest BCUT2D eigenvalue weighted by Crippen LogP contribution is -2.40. The molecular formula is C12H20N4. The van der Waals surface area contributed by atoms with Gasteiger partial charge in [0.05, 0.1) is 5.69 Å². The summed E-state index contributed by atoms with van der Waals surface area (Å²) in [4.78, 5) is 2.38. The highest BCUT2D eigenvalue weighted by atomic mass is 15.3. The summed E-state index contributed by atoms with van der Waals surface area (Å²) in [7, 11) is 2.18. The Bertz CT molecular complexity index is 337. The van der Waals surface area contributed by atoms with Gasteiger partial charge in [-0.15, -0.1) is 0 Å². The molecule has 16 heavy (non-hydrogen) atoms. The van der Waals surface area contributed by atoms with Gasteiger partial charge in [0, 0.05) is 25.0 Å². The van der Waals surface area contributed by atoms with Gasteiger partial charge >= 0.3 is 0 Å². The Kier molecular flexibility index (Phi) is 3.74. The molecule has 1 aliphatic rings. The summed E-state index contributed by atoms with van der Waals surface area (Å²) in [6.45, 7) is 7.00. The molecule has 4 heteroatoms. The van der Waals surface area contributed by atoms with Crippen LogP contribution in [0, 0.1) is 0 Å². The van der Waals surface area contributed by atoms with Crippen LogP contribution < -0.4 is 5.32 Å². The Morgan fingerprint density at radius 3 is 3.00 bits per heavy atom. The first-order chi connectivity index (χ1) is 7.79. The van der Waals surface area contributed by atoms with Gasteiger partial charge in [-0.05, 0) is 39.0 Å². The number of aromatic nitrogens is 2. The Morgan fingerprint density at radius 1 is 1.56 bits per heavy atom. The van der Waals surface area contributed by atoms with Gasteiger partial charge in [0.15, 0.2) is 0 Å². The Labute approximate surface area is 96.9 Å². The van der Waals surface area contributed by atoms with E-state index in [-0.39, 0.29) is 0 Å². The molecule has 1 aliphatic heterocycles. The minimum Gasteiger partial charge on any atom is -0.308 e. The van der Waals surface area contributed by atoms with Crippen molar-refractivity contribution in [3.05, 3.63) is 24.5 Å². The monoisotopic (exact) mass is 220 g/mol. The van der Waals surface area contributed by atoms with E-state index < -0.39 is 0 Å². The van der Waals surface area contributed by atoms with Crippen molar-refractivity contribution in [2.75, 3.05) is 20.1 Å². The van der Waals surface area contributed by atoms with E-state index in [0.29, 0.717) is 6.04 Å². The van der Waals surface area contributed by atoms with Gasteiger partial charge in [-0.25, -0.2) is 4.68 Å². The molecule has 0 amide bonds. The maximum atomic E-state index is 4.16. The van der Waals surface area contributed by atoms with Gasteiger partial charge in [-0.2, -0.15) is 5.10 Å². The molecule has 1 fully saturated rings. The lowest BCUT2D eigenvalue weighted by Gasteiger charge is -2.29. The molecule has 0 radical (unpaired) electrons. The molecule has 0 bridgehead atoms. The maximum absolute atomic E-state index is 4.16. The number of likely N-dealkylation sites (tertiary alicyclic amines) is 1. The van der Waals surface area contributed by atoms with Gasteiger partial charge in [-0.1, -0.05) is 6.58 Å². The van der Waals surface area contributed by atoms with E-state index in [4.69, 9.17) is 0 Å². The van der Waals surface area contributed by atoms with Crippen LogP contribution in [-0.4, -0.2) is 40.9 Å². The molecule has 2 rings (SSSR count). The molecular weight excluding hydrogens is 200 g/mol. The van der Waals surface area contributed by atoms with Gasteiger partial charge < -0.3 is 10.2 Å². The highest BCUT2D eigenvalue weighted by Crippen LogP contribution is 2.09. The van der Waals surface area contributed by atoms with Crippen molar-refractivity contribution in [2.24, 2.45) is 0 Å².